The lowest BCUT2D eigenvalue weighted by Gasteiger charge is -2.22. The summed E-state index contributed by atoms with van der Waals surface area (Å²) in [6.45, 7) is 1.77. The molecular weight excluding hydrogens is 348 g/mol. The van der Waals surface area contributed by atoms with Gasteiger partial charge in [0.15, 0.2) is 0 Å². The first-order valence-electron chi connectivity index (χ1n) is 8.78. The first-order valence-corrected chi connectivity index (χ1v) is 9.15. The fraction of sp³-hybridized carbons (Fsp3) is 0.286. The summed E-state index contributed by atoms with van der Waals surface area (Å²) in [6, 6.07) is 17.8. The number of aromatic nitrogens is 1. The van der Waals surface area contributed by atoms with Crippen LogP contribution in [0.4, 0.5) is 0 Å². The Hall–Kier alpha value is -2.30. The van der Waals surface area contributed by atoms with Gasteiger partial charge in [-0.1, -0.05) is 48.0 Å². The van der Waals surface area contributed by atoms with Crippen molar-refractivity contribution in [1.82, 2.24) is 9.88 Å². The molecule has 3 aromatic rings. The number of carbonyl (C=O) groups is 1. The minimum atomic E-state index is -0.0116. The van der Waals surface area contributed by atoms with Crippen LogP contribution in [-0.2, 0) is 11.2 Å². The van der Waals surface area contributed by atoms with E-state index in [9.17, 15) is 4.79 Å². The van der Waals surface area contributed by atoms with Crippen molar-refractivity contribution in [3.05, 3.63) is 70.9 Å². The fourth-order valence-corrected chi connectivity index (χ4v) is 3.19. The van der Waals surface area contributed by atoms with Crippen molar-refractivity contribution in [2.45, 2.75) is 12.8 Å². The van der Waals surface area contributed by atoms with Gasteiger partial charge < -0.3 is 14.6 Å². The van der Waals surface area contributed by atoms with Crippen molar-refractivity contribution in [2.24, 2.45) is 0 Å². The van der Waals surface area contributed by atoms with Crippen LogP contribution < -0.4 is 0 Å². The summed E-state index contributed by atoms with van der Waals surface area (Å²) in [4.78, 5) is 18.0. The maximum atomic E-state index is 13.0. The molecule has 1 N–H and O–H groups in total. The lowest BCUT2D eigenvalue weighted by Crippen LogP contribution is -2.35. The van der Waals surface area contributed by atoms with Gasteiger partial charge in [-0.25, -0.2) is 0 Å². The lowest BCUT2D eigenvalue weighted by atomic mass is 10.1. The van der Waals surface area contributed by atoms with Gasteiger partial charge in [0.25, 0.3) is 5.91 Å². The van der Waals surface area contributed by atoms with Crippen LogP contribution in [-0.4, -0.2) is 42.6 Å². The Morgan fingerprint density at radius 2 is 1.92 bits per heavy atom. The Balaban J connectivity index is 1.69. The predicted molar refractivity (Wildman–Crippen MR) is 106 cm³/mol. The normalized spacial score (nSPS) is 11.0. The summed E-state index contributed by atoms with van der Waals surface area (Å²) < 4.78 is 5.18. The van der Waals surface area contributed by atoms with Crippen molar-refractivity contribution >= 4 is 28.4 Å². The number of ether oxygens (including phenoxy) is 1. The van der Waals surface area contributed by atoms with Crippen LogP contribution in [0, 0.1) is 0 Å². The molecule has 0 bridgehead atoms. The number of nitrogens with zero attached hydrogens (tertiary/aromatic N) is 1. The van der Waals surface area contributed by atoms with E-state index in [1.54, 1.807) is 7.11 Å². The van der Waals surface area contributed by atoms with E-state index in [4.69, 9.17) is 16.3 Å². The molecule has 136 valence electrons. The fourth-order valence-electron chi connectivity index (χ4n) is 3.02. The molecule has 0 fully saturated rings. The van der Waals surface area contributed by atoms with Gasteiger partial charge in [-0.2, -0.15) is 0 Å². The number of methoxy groups -OCH3 is 1. The lowest BCUT2D eigenvalue weighted by molar-refractivity contribution is 0.0688. The number of nitrogens with one attached hydrogen (secondary N) is 1. The minimum Gasteiger partial charge on any atom is -0.383 e. The highest BCUT2D eigenvalue weighted by Gasteiger charge is 2.17. The number of hydrogen-bond donors (Lipinski definition) is 1. The summed E-state index contributed by atoms with van der Waals surface area (Å²) in [6.07, 6.45) is 1.85. The van der Waals surface area contributed by atoms with Crippen molar-refractivity contribution in [3.8, 4) is 0 Å². The van der Waals surface area contributed by atoms with Crippen LogP contribution in [0.2, 0.25) is 5.02 Å². The van der Waals surface area contributed by atoms with Crippen LogP contribution in [0.1, 0.15) is 22.5 Å². The number of rotatable bonds is 8. The van der Waals surface area contributed by atoms with Crippen LogP contribution in [0.3, 0.4) is 0 Å². The van der Waals surface area contributed by atoms with E-state index < -0.39 is 0 Å². The van der Waals surface area contributed by atoms with E-state index in [2.05, 4.69) is 17.1 Å². The van der Waals surface area contributed by atoms with Crippen LogP contribution >= 0.6 is 11.6 Å². The number of hydrogen-bond acceptors (Lipinski definition) is 2. The monoisotopic (exact) mass is 370 g/mol. The summed E-state index contributed by atoms with van der Waals surface area (Å²) in [5.74, 6) is -0.0116. The molecule has 0 radical (unpaired) electrons. The molecule has 26 heavy (non-hydrogen) atoms. The Kier molecular flexibility index (Phi) is 6.31. The third kappa shape index (κ3) is 4.65. The van der Waals surface area contributed by atoms with Crippen LogP contribution in [0.15, 0.2) is 54.6 Å². The average molecular weight is 371 g/mol. The molecule has 4 nitrogen and oxygen atoms in total. The zero-order chi connectivity index (χ0) is 18.4. The zero-order valence-electron chi connectivity index (χ0n) is 14.9. The molecule has 0 unspecified atom stereocenters. The highest BCUT2D eigenvalue weighted by atomic mass is 35.5. The van der Waals surface area contributed by atoms with Crippen LogP contribution in [0.25, 0.3) is 10.9 Å². The highest BCUT2D eigenvalue weighted by molar-refractivity contribution is 6.31. The number of H-pyrrole nitrogens is 1. The molecule has 5 heteroatoms. The number of aryl methyl sites for hydroxylation is 1. The van der Waals surface area contributed by atoms with Gasteiger partial charge in [-0.3, -0.25) is 4.79 Å². The molecule has 1 aromatic heterocycles. The van der Waals surface area contributed by atoms with E-state index in [0.29, 0.717) is 30.4 Å². The molecular formula is C21H23ClN2O2. The topological polar surface area (TPSA) is 45.3 Å². The van der Waals surface area contributed by atoms with E-state index >= 15 is 0 Å². The van der Waals surface area contributed by atoms with Crippen LogP contribution in [0.5, 0.6) is 0 Å². The number of aromatic amines is 1. The third-order valence-corrected chi connectivity index (χ3v) is 4.64. The number of amides is 1. The maximum Gasteiger partial charge on any atom is 0.270 e. The Bertz CT molecular complexity index is 861. The van der Waals surface area contributed by atoms with Crippen molar-refractivity contribution in [2.75, 3.05) is 26.8 Å². The maximum absolute atomic E-state index is 13.0. The Morgan fingerprint density at radius 1 is 1.12 bits per heavy atom. The molecule has 1 heterocycles. The molecule has 0 atom stereocenters. The second kappa shape index (κ2) is 8.88. The van der Waals surface area contributed by atoms with E-state index in [1.807, 2.05) is 47.4 Å². The summed E-state index contributed by atoms with van der Waals surface area (Å²) in [7, 11) is 1.65. The van der Waals surface area contributed by atoms with Crippen molar-refractivity contribution < 1.29 is 9.53 Å². The number of halogens is 1. The van der Waals surface area contributed by atoms with Crippen molar-refractivity contribution in [3.63, 3.8) is 0 Å². The average Bonchev–Trinajstić information content (AvgIpc) is 3.08. The zero-order valence-corrected chi connectivity index (χ0v) is 15.6. The molecule has 0 aliphatic carbocycles. The number of carbonyl (C=O) groups excluding carboxylic acids is 1. The van der Waals surface area contributed by atoms with Gasteiger partial charge in [-0.05, 0) is 36.6 Å². The quantitative estimate of drug-likeness (QED) is 0.632. The summed E-state index contributed by atoms with van der Waals surface area (Å²) in [5, 5.41) is 1.63. The van der Waals surface area contributed by atoms with E-state index in [1.165, 1.54) is 5.56 Å². The molecule has 0 saturated carbocycles. The molecule has 3 rings (SSSR count). The molecule has 0 aliphatic heterocycles. The minimum absolute atomic E-state index is 0.0116. The smallest absolute Gasteiger partial charge is 0.270 e. The van der Waals surface area contributed by atoms with Gasteiger partial charge in [0.1, 0.15) is 5.69 Å². The van der Waals surface area contributed by atoms with Gasteiger partial charge in [0.2, 0.25) is 0 Å². The second-order valence-corrected chi connectivity index (χ2v) is 6.73. The summed E-state index contributed by atoms with van der Waals surface area (Å²) >= 11 is 6.03. The first kappa shape index (κ1) is 18.5. The van der Waals surface area contributed by atoms with Crippen molar-refractivity contribution in [1.29, 1.82) is 0 Å². The largest absolute Gasteiger partial charge is 0.383 e. The van der Waals surface area contributed by atoms with Gasteiger partial charge >= 0.3 is 0 Å². The van der Waals surface area contributed by atoms with E-state index in [-0.39, 0.29) is 5.91 Å². The molecule has 1 amide bonds. The van der Waals surface area contributed by atoms with Gasteiger partial charge in [0.05, 0.1) is 6.61 Å². The SMILES string of the molecule is COCCN(CCCc1ccccc1)C(=O)c1cc2ccc(Cl)cc2[nH]1. The number of fused-ring (bicyclic) bond motifs is 1. The predicted octanol–water partition coefficient (Wildman–Crippen LogP) is 4.54. The van der Waals surface area contributed by atoms with Gasteiger partial charge in [0, 0.05) is 36.1 Å². The third-order valence-electron chi connectivity index (χ3n) is 4.40. The molecule has 2 aromatic carbocycles. The summed E-state index contributed by atoms with van der Waals surface area (Å²) in [5.41, 5.74) is 2.74. The standard InChI is InChI=1S/C21H23ClN2O2/c1-26-13-12-24(11-5-8-16-6-3-2-4-7-16)21(25)20-14-17-9-10-18(22)15-19(17)23-20/h2-4,6-7,9-10,14-15,23H,5,8,11-13H2,1H3. The van der Waals surface area contributed by atoms with Gasteiger partial charge in [-0.15, -0.1) is 0 Å². The molecule has 0 saturated heterocycles. The molecule has 0 spiro atoms. The first-order chi connectivity index (χ1) is 12.7. The second-order valence-electron chi connectivity index (χ2n) is 6.29. The van der Waals surface area contributed by atoms with E-state index in [0.717, 1.165) is 23.7 Å². The number of benzene rings is 2. The molecule has 0 aliphatic rings. The highest BCUT2D eigenvalue weighted by Crippen LogP contribution is 2.21. The Labute approximate surface area is 158 Å². The Morgan fingerprint density at radius 3 is 2.69 bits per heavy atom.